The summed E-state index contributed by atoms with van der Waals surface area (Å²) in [5.74, 6) is -0.296. The molecule has 0 radical (unpaired) electrons. The maximum atomic E-state index is 12.2. The van der Waals surface area contributed by atoms with Crippen LogP contribution < -0.4 is 4.90 Å². The summed E-state index contributed by atoms with van der Waals surface area (Å²) >= 11 is 2.13. The SMILES string of the molecule is O=C1C(=O)N(Cc2cc3ccccc3o2)c2ccc(I)cc21. The lowest BCUT2D eigenvalue weighted by molar-refractivity contribution is -0.114. The molecule has 0 saturated carbocycles. The van der Waals surface area contributed by atoms with Crippen LogP contribution >= 0.6 is 22.6 Å². The van der Waals surface area contributed by atoms with Gasteiger partial charge < -0.3 is 4.42 Å². The zero-order chi connectivity index (χ0) is 15.3. The summed E-state index contributed by atoms with van der Waals surface area (Å²) in [6.45, 7) is 0.257. The lowest BCUT2D eigenvalue weighted by atomic mass is 10.1. The number of anilines is 1. The normalized spacial score (nSPS) is 14.0. The Balaban J connectivity index is 1.74. The van der Waals surface area contributed by atoms with Crippen molar-refractivity contribution in [3.63, 3.8) is 0 Å². The molecule has 2 heterocycles. The Morgan fingerprint density at radius 2 is 1.86 bits per heavy atom. The molecule has 0 fully saturated rings. The van der Waals surface area contributed by atoms with E-state index in [4.69, 9.17) is 4.42 Å². The lowest BCUT2D eigenvalue weighted by Gasteiger charge is -2.14. The third-order valence-electron chi connectivity index (χ3n) is 3.72. The molecular formula is C17H10INO3. The van der Waals surface area contributed by atoms with Crippen molar-refractivity contribution in [2.45, 2.75) is 6.54 Å². The van der Waals surface area contributed by atoms with Crippen LogP contribution in [0.3, 0.4) is 0 Å². The van der Waals surface area contributed by atoms with Crippen molar-refractivity contribution in [2.24, 2.45) is 0 Å². The Kier molecular flexibility index (Phi) is 3.04. The summed E-state index contributed by atoms with van der Waals surface area (Å²) in [5.41, 5.74) is 1.89. The van der Waals surface area contributed by atoms with E-state index >= 15 is 0 Å². The number of para-hydroxylation sites is 1. The van der Waals surface area contributed by atoms with E-state index in [0.29, 0.717) is 17.0 Å². The van der Waals surface area contributed by atoms with Gasteiger partial charge in [-0.05, 0) is 52.9 Å². The van der Waals surface area contributed by atoms with E-state index in [9.17, 15) is 9.59 Å². The highest BCUT2D eigenvalue weighted by Crippen LogP contribution is 2.32. The van der Waals surface area contributed by atoms with E-state index in [1.807, 2.05) is 42.5 Å². The summed E-state index contributed by atoms with van der Waals surface area (Å²) in [6.07, 6.45) is 0. The molecule has 3 aromatic rings. The number of rotatable bonds is 2. The van der Waals surface area contributed by atoms with Crippen molar-refractivity contribution >= 4 is 50.9 Å². The number of carbonyl (C=O) groups is 2. The molecule has 1 amide bonds. The largest absolute Gasteiger partial charge is 0.459 e. The average Bonchev–Trinajstić information content (AvgIpc) is 3.02. The molecule has 0 spiro atoms. The first-order chi connectivity index (χ1) is 10.6. The van der Waals surface area contributed by atoms with E-state index in [0.717, 1.165) is 14.5 Å². The second kappa shape index (κ2) is 4.95. The van der Waals surface area contributed by atoms with Gasteiger partial charge >= 0.3 is 0 Å². The van der Waals surface area contributed by atoms with Crippen molar-refractivity contribution in [3.05, 3.63) is 63.4 Å². The van der Waals surface area contributed by atoms with Gasteiger partial charge in [-0.1, -0.05) is 18.2 Å². The number of benzene rings is 2. The molecule has 0 unspecified atom stereocenters. The number of amides is 1. The van der Waals surface area contributed by atoms with E-state index < -0.39 is 11.7 Å². The van der Waals surface area contributed by atoms with Gasteiger partial charge in [-0.2, -0.15) is 0 Å². The van der Waals surface area contributed by atoms with Crippen LogP contribution in [0.4, 0.5) is 5.69 Å². The molecular weight excluding hydrogens is 393 g/mol. The summed E-state index contributed by atoms with van der Waals surface area (Å²) < 4.78 is 6.68. The Morgan fingerprint density at radius 1 is 1.05 bits per heavy atom. The fourth-order valence-electron chi connectivity index (χ4n) is 2.70. The molecule has 2 aromatic carbocycles. The predicted octanol–water partition coefficient (Wildman–Crippen LogP) is 3.77. The molecule has 4 rings (SSSR count). The van der Waals surface area contributed by atoms with Crippen molar-refractivity contribution in [1.29, 1.82) is 0 Å². The topological polar surface area (TPSA) is 50.5 Å². The standard InChI is InChI=1S/C17H10INO3/c18-11-5-6-14-13(8-11)16(20)17(21)19(14)9-12-7-10-3-1-2-4-15(10)22-12/h1-8H,9H2. The van der Waals surface area contributed by atoms with Gasteiger partial charge in [0.1, 0.15) is 11.3 Å². The molecule has 0 saturated heterocycles. The molecule has 1 aromatic heterocycles. The number of halogens is 1. The Bertz CT molecular complexity index is 896. The van der Waals surface area contributed by atoms with Crippen LogP contribution in [0, 0.1) is 3.57 Å². The number of furan rings is 1. The van der Waals surface area contributed by atoms with Crippen LogP contribution in [0.2, 0.25) is 0 Å². The number of fused-ring (bicyclic) bond motifs is 2. The fourth-order valence-corrected chi connectivity index (χ4v) is 3.19. The fraction of sp³-hybridized carbons (Fsp3) is 0.0588. The first-order valence-electron chi connectivity index (χ1n) is 6.77. The summed E-state index contributed by atoms with van der Waals surface area (Å²) in [7, 11) is 0. The van der Waals surface area contributed by atoms with Gasteiger partial charge in [-0.15, -0.1) is 0 Å². The molecule has 4 nitrogen and oxygen atoms in total. The number of carbonyl (C=O) groups excluding carboxylic acids is 2. The smallest absolute Gasteiger partial charge is 0.299 e. The second-order valence-corrected chi connectivity index (χ2v) is 6.38. The maximum absolute atomic E-state index is 12.2. The molecule has 108 valence electrons. The van der Waals surface area contributed by atoms with E-state index in [2.05, 4.69) is 22.6 Å². The first-order valence-corrected chi connectivity index (χ1v) is 7.84. The molecule has 5 heteroatoms. The minimum atomic E-state index is -0.502. The number of Topliss-reactive ketones (excluding diaryl/α,β-unsaturated/α-hetero) is 1. The van der Waals surface area contributed by atoms with Gasteiger partial charge in [-0.25, -0.2) is 0 Å². The molecule has 0 aliphatic carbocycles. The van der Waals surface area contributed by atoms with Gasteiger partial charge in [0.25, 0.3) is 11.7 Å². The van der Waals surface area contributed by atoms with E-state index in [1.165, 1.54) is 4.90 Å². The van der Waals surface area contributed by atoms with Gasteiger partial charge in [-0.3, -0.25) is 14.5 Å². The first kappa shape index (κ1) is 13.5. The summed E-state index contributed by atoms with van der Waals surface area (Å²) in [6, 6.07) is 15.0. The summed E-state index contributed by atoms with van der Waals surface area (Å²) in [4.78, 5) is 25.8. The zero-order valence-corrected chi connectivity index (χ0v) is 13.5. The van der Waals surface area contributed by atoms with Crippen LogP contribution in [0.25, 0.3) is 11.0 Å². The van der Waals surface area contributed by atoms with Crippen molar-refractivity contribution in [3.8, 4) is 0 Å². The predicted molar refractivity (Wildman–Crippen MR) is 90.9 cm³/mol. The van der Waals surface area contributed by atoms with E-state index in [-0.39, 0.29) is 6.54 Å². The summed E-state index contributed by atoms with van der Waals surface area (Å²) in [5, 5.41) is 0.985. The Morgan fingerprint density at radius 3 is 2.68 bits per heavy atom. The quantitative estimate of drug-likeness (QED) is 0.484. The highest BCUT2D eigenvalue weighted by Gasteiger charge is 2.36. The number of nitrogens with zero attached hydrogens (tertiary/aromatic N) is 1. The maximum Gasteiger partial charge on any atom is 0.299 e. The van der Waals surface area contributed by atoms with Crippen molar-refractivity contribution in [2.75, 3.05) is 4.90 Å². The number of hydrogen-bond acceptors (Lipinski definition) is 3. The van der Waals surface area contributed by atoms with Crippen LogP contribution in [0.5, 0.6) is 0 Å². The highest BCUT2D eigenvalue weighted by atomic mass is 127. The molecule has 22 heavy (non-hydrogen) atoms. The average molecular weight is 403 g/mol. The minimum Gasteiger partial charge on any atom is -0.459 e. The third kappa shape index (κ3) is 2.04. The van der Waals surface area contributed by atoms with Crippen molar-refractivity contribution < 1.29 is 14.0 Å². The van der Waals surface area contributed by atoms with Crippen molar-refractivity contribution in [1.82, 2.24) is 0 Å². The van der Waals surface area contributed by atoms with E-state index in [1.54, 1.807) is 6.07 Å². The molecule has 0 N–H and O–H groups in total. The van der Waals surface area contributed by atoms with Gasteiger partial charge in [0.2, 0.25) is 0 Å². The lowest BCUT2D eigenvalue weighted by Crippen LogP contribution is -2.28. The van der Waals surface area contributed by atoms with Gasteiger partial charge in [0.05, 0.1) is 17.8 Å². The van der Waals surface area contributed by atoms with Crippen LogP contribution in [0.15, 0.2) is 52.9 Å². The number of hydrogen-bond donors (Lipinski definition) is 0. The van der Waals surface area contributed by atoms with Gasteiger partial charge in [0.15, 0.2) is 0 Å². The molecule has 1 aliphatic rings. The highest BCUT2D eigenvalue weighted by molar-refractivity contribution is 14.1. The minimum absolute atomic E-state index is 0.257. The third-order valence-corrected chi connectivity index (χ3v) is 4.39. The molecule has 0 atom stereocenters. The van der Waals surface area contributed by atoms with Gasteiger partial charge in [0, 0.05) is 8.96 Å². The Labute approximate surface area is 139 Å². The van der Waals surface area contributed by atoms with Crippen LogP contribution in [0.1, 0.15) is 16.1 Å². The monoisotopic (exact) mass is 403 g/mol. The molecule has 1 aliphatic heterocycles. The number of ketones is 1. The Hall–Kier alpha value is -2.15. The zero-order valence-electron chi connectivity index (χ0n) is 11.4. The van der Waals surface area contributed by atoms with Crippen LogP contribution in [-0.2, 0) is 11.3 Å². The second-order valence-electron chi connectivity index (χ2n) is 5.13. The van der Waals surface area contributed by atoms with Crippen LogP contribution in [-0.4, -0.2) is 11.7 Å². The molecule has 0 bridgehead atoms.